The summed E-state index contributed by atoms with van der Waals surface area (Å²) < 4.78 is 29.5. The van der Waals surface area contributed by atoms with Crippen LogP contribution in [0.25, 0.3) is 0 Å². The molecule has 0 N–H and O–H groups in total. The van der Waals surface area contributed by atoms with Gasteiger partial charge in [0.05, 0.1) is 4.92 Å². The smallest absolute Gasteiger partial charge is 0.330 e. The minimum Gasteiger partial charge on any atom is -0.450 e. The first kappa shape index (κ1) is 15.5. The Morgan fingerprint density at radius 3 is 2.29 bits per heavy atom. The first-order valence-corrected chi connectivity index (χ1v) is 8.38. The standard InChI is InChI=1S/C13H10BrNO5S/c1-21(18,19)12-4-2-3-11(13(12)15(16)17)20-10-7-5-9(14)6-8-10/h2-8H,1H3. The molecule has 2 aromatic carbocycles. The van der Waals surface area contributed by atoms with Gasteiger partial charge in [0.15, 0.2) is 9.84 Å². The zero-order valence-corrected chi connectivity index (χ0v) is 13.2. The Morgan fingerprint density at radius 1 is 1.14 bits per heavy atom. The van der Waals surface area contributed by atoms with E-state index in [1.807, 2.05) is 0 Å². The molecule has 0 atom stereocenters. The van der Waals surface area contributed by atoms with Gasteiger partial charge in [0, 0.05) is 10.7 Å². The van der Waals surface area contributed by atoms with Gasteiger partial charge in [0.1, 0.15) is 10.6 Å². The number of rotatable bonds is 4. The van der Waals surface area contributed by atoms with Crippen LogP contribution in [0.4, 0.5) is 5.69 Å². The Morgan fingerprint density at radius 2 is 1.76 bits per heavy atom. The lowest BCUT2D eigenvalue weighted by Gasteiger charge is -2.08. The molecule has 0 fully saturated rings. The van der Waals surface area contributed by atoms with E-state index < -0.39 is 20.4 Å². The van der Waals surface area contributed by atoms with Crippen LogP contribution in [0.15, 0.2) is 51.8 Å². The molecule has 0 unspecified atom stereocenters. The molecule has 0 radical (unpaired) electrons. The van der Waals surface area contributed by atoms with Crippen LogP contribution in [0.1, 0.15) is 0 Å². The van der Waals surface area contributed by atoms with Crippen LogP contribution in [0.2, 0.25) is 0 Å². The fourth-order valence-electron chi connectivity index (χ4n) is 1.69. The number of nitro benzene ring substituents is 1. The highest BCUT2D eigenvalue weighted by molar-refractivity contribution is 9.10. The number of ether oxygens (including phenoxy) is 1. The molecule has 0 aliphatic heterocycles. The molecule has 0 amide bonds. The summed E-state index contributed by atoms with van der Waals surface area (Å²) in [7, 11) is -3.73. The largest absolute Gasteiger partial charge is 0.450 e. The average Bonchev–Trinajstić information content (AvgIpc) is 2.40. The van der Waals surface area contributed by atoms with Gasteiger partial charge in [-0.1, -0.05) is 22.0 Å². The summed E-state index contributed by atoms with van der Waals surface area (Å²) in [6.07, 6.45) is 0.915. The molecule has 0 aromatic heterocycles. The third-order valence-electron chi connectivity index (χ3n) is 2.59. The predicted molar refractivity (Wildman–Crippen MR) is 80.4 cm³/mol. The summed E-state index contributed by atoms with van der Waals surface area (Å²) in [6.45, 7) is 0. The molecule has 0 heterocycles. The van der Waals surface area contributed by atoms with Gasteiger partial charge in [-0.15, -0.1) is 0 Å². The van der Waals surface area contributed by atoms with Crippen LogP contribution in [-0.4, -0.2) is 19.6 Å². The van der Waals surface area contributed by atoms with Gasteiger partial charge in [-0.2, -0.15) is 0 Å². The first-order valence-electron chi connectivity index (χ1n) is 5.70. The van der Waals surface area contributed by atoms with Gasteiger partial charge in [-0.05, 0) is 36.4 Å². The molecule has 2 aromatic rings. The van der Waals surface area contributed by atoms with E-state index in [9.17, 15) is 18.5 Å². The van der Waals surface area contributed by atoms with Crippen molar-refractivity contribution in [3.8, 4) is 11.5 Å². The molecule has 0 aliphatic rings. The molecule has 6 nitrogen and oxygen atoms in total. The quantitative estimate of drug-likeness (QED) is 0.605. The van der Waals surface area contributed by atoms with Gasteiger partial charge in [0.2, 0.25) is 5.75 Å². The van der Waals surface area contributed by atoms with Crippen LogP contribution in [0.5, 0.6) is 11.5 Å². The van der Waals surface area contributed by atoms with E-state index in [0.29, 0.717) is 5.75 Å². The Bertz CT molecular complexity index is 787. The van der Waals surface area contributed by atoms with Crippen molar-refractivity contribution in [2.75, 3.05) is 6.26 Å². The van der Waals surface area contributed by atoms with E-state index in [0.717, 1.165) is 10.7 Å². The summed E-state index contributed by atoms with van der Waals surface area (Å²) in [5, 5.41) is 11.2. The highest BCUT2D eigenvalue weighted by Crippen LogP contribution is 2.36. The lowest BCUT2D eigenvalue weighted by atomic mass is 10.3. The number of nitro groups is 1. The van der Waals surface area contributed by atoms with Gasteiger partial charge in [-0.3, -0.25) is 10.1 Å². The molecule has 0 bridgehead atoms. The maximum atomic E-state index is 11.6. The molecule has 21 heavy (non-hydrogen) atoms. The maximum Gasteiger partial charge on any atom is 0.330 e. The lowest BCUT2D eigenvalue weighted by Crippen LogP contribution is -2.04. The van der Waals surface area contributed by atoms with Crippen molar-refractivity contribution in [2.45, 2.75) is 4.90 Å². The van der Waals surface area contributed by atoms with Crippen molar-refractivity contribution in [1.29, 1.82) is 0 Å². The SMILES string of the molecule is CS(=O)(=O)c1cccc(Oc2ccc(Br)cc2)c1[N+](=O)[O-]. The summed E-state index contributed by atoms with van der Waals surface area (Å²) >= 11 is 3.26. The van der Waals surface area contributed by atoms with Crippen molar-refractivity contribution >= 4 is 31.5 Å². The number of hydrogen-bond donors (Lipinski definition) is 0. The summed E-state index contributed by atoms with van der Waals surface area (Å²) in [5.41, 5.74) is -0.567. The molecular weight excluding hydrogens is 362 g/mol. The summed E-state index contributed by atoms with van der Waals surface area (Å²) in [5.74, 6) is 0.247. The minimum atomic E-state index is -3.73. The molecule has 0 saturated heterocycles. The lowest BCUT2D eigenvalue weighted by molar-refractivity contribution is -0.388. The second kappa shape index (κ2) is 5.82. The van der Waals surface area contributed by atoms with E-state index >= 15 is 0 Å². The van der Waals surface area contributed by atoms with E-state index in [1.54, 1.807) is 24.3 Å². The molecule has 0 aliphatic carbocycles. The first-order chi connectivity index (χ1) is 9.79. The second-order valence-corrected chi connectivity index (χ2v) is 7.09. The molecular formula is C13H10BrNO5S. The third kappa shape index (κ3) is 3.59. The molecule has 110 valence electrons. The number of nitrogens with zero attached hydrogens (tertiary/aromatic N) is 1. The normalized spacial score (nSPS) is 11.1. The van der Waals surface area contributed by atoms with Crippen LogP contribution in [0.3, 0.4) is 0 Å². The van der Waals surface area contributed by atoms with Gasteiger partial charge >= 0.3 is 5.69 Å². The number of para-hydroxylation sites is 1. The predicted octanol–water partition coefficient (Wildman–Crippen LogP) is 3.55. The van der Waals surface area contributed by atoms with E-state index in [4.69, 9.17) is 4.74 Å². The summed E-state index contributed by atoms with van der Waals surface area (Å²) in [6, 6.07) is 10.6. The fraction of sp³-hybridized carbons (Fsp3) is 0.0769. The number of halogens is 1. The third-order valence-corrected chi connectivity index (χ3v) is 4.24. The zero-order valence-electron chi connectivity index (χ0n) is 10.8. The van der Waals surface area contributed by atoms with E-state index in [-0.39, 0.29) is 10.6 Å². The second-order valence-electron chi connectivity index (χ2n) is 4.19. The number of sulfone groups is 1. The van der Waals surface area contributed by atoms with Gasteiger partial charge in [0.25, 0.3) is 0 Å². The van der Waals surface area contributed by atoms with Crippen LogP contribution >= 0.6 is 15.9 Å². The highest BCUT2D eigenvalue weighted by atomic mass is 79.9. The Hall–Kier alpha value is -1.93. The average molecular weight is 372 g/mol. The van der Waals surface area contributed by atoms with E-state index in [2.05, 4.69) is 15.9 Å². The van der Waals surface area contributed by atoms with Crippen LogP contribution in [0, 0.1) is 10.1 Å². The molecule has 2 rings (SSSR count). The number of benzene rings is 2. The van der Waals surface area contributed by atoms with E-state index in [1.165, 1.54) is 18.2 Å². The minimum absolute atomic E-state index is 0.120. The van der Waals surface area contributed by atoms with Gasteiger partial charge in [-0.25, -0.2) is 8.42 Å². The Labute approximate surface area is 129 Å². The summed E-state index contributed by atoms with van der Waals surface area (Å²) in [4.78, 5) is 10.1. The molecule has 8 heteroatoms. The highest BCUT2D eigenvalue weighted by Gasteiger charge is 2.27. The van der Waals surface area contributed by atoms with Crippen molar-refractivity contribution in [3.63, 3.8) is 0 Å². The Balaban J connectivity index is 2.54. The van der Waals surface area contributed by atoms with Crippen molar-refractivity contribution in [1.82, 2.24) is 0 Å². The molecule has 0 saturated carbocycles. The van der Waals surface area contributed by atoms with Gasteiger partial charge < -0.3 is 4.74 Å². The monoisotopic (exact) mass is 371 g/mol. The molecule has 0 spiro atoms. The van der Waals surface area contributed by atoms with Crippen LogP contribution in [-0.2, 0) is 9.84 Å². The van der Waals surface area contributed by atoms with Crippen LogP contribution < -0.4 is 4.74 Å². The topological polar surface area (TPSA) is 86.5 Å². The maximum absolute atomic E-state index is 11.6. The zero-order chi connectivity index (χ0) is 15.6. The van der Waals surface area contributed by atoms with Crippen molar-refractivity contribution < 1.29 is 18.1 Å². The fourth-order valence-corrected chi connectivity index (χ4v) is 2.81. The van der Waals surface area contributed by atoms with Crippen molar-refractivity contribution in [3.05, 3.63) is 57.1 Å². The van der Waals surface area contributed by atoms with Crippen molar-refractivity contribution in [2.24, 2.45) is 0 Å². The number of hydrogen-bond acceptors (Lipinski definition) is 5. The Kier molecular flexibility index (Phi) is 4.29.